The summed E-state index contributed by atoms with van der Waals surface area (Å²) in [5.41, 5.74) is 3.74. The summed E-state index contributed by atoms with van der Waals surface area (Å²) in [7, 11) is 3.28. The van der Waals surface area contributed by atoms with Crippen LogP contribution in [0.3, 0.4) is 0 Å². The van der Waals surface area contributed by atoms with Crippen molar-refractivity contribution in [2.45, 2.75) is 19.4 Å². The minimum Gasteiger partial charge on any atom is -0.496 e. The normalized spacial score (nSPS) is 13.6. The lowest BCUT2D eigenvalue weighted by molar-refractivity contribution is 0.0316. The van der Waals surface area contributed by atoms with Crippen molar-refractivity contribution in [1.29, 1.82) is 5.26 Å². The zero-order valence-electron chi connectivity index (χ0n) is 15.5. The quantitative estimate of drug-likeness (QED) is 0.579. The number of methoxy groups -OCH3 is 2. The molecule has 0 amide bonds. The highest BCUT2D eigenvalue weighted by molar-refractivity contribution is 5.89. The summed E-state index contributed by atoms with van der Waals surface area (Å²) in [5, 5.41) is 10.1. The van der Waals surface area contributed by atoms with Crippen LogP contribution in [0.5, 0.6) is 5.75 Å². The van der Waals surface area contributed by atoms with E-state index < -0.39 is 5.60 Å². The summed E-state index contributed by atoms with van der Waals surface area (Å²) in [6.45, 7) is 3.97. The summed E-state index contributed by atoms with van der Waals surface area (Å²) >= 11 is 0. The molecule has 3 heterocycles. The largest absolute Gasteiger partial charge is 0.496 e. The van der Waals surface area contributed by atoms with Crippen LogP contribution in [-0.2, 0) is 10.3 Å². The first-order valence-electron chi connectivity index (χ1n) is 8.48. The van der Waals surface area contributed by atoms with Gasteiger partial charge in [-0.15, -0.1) is 0 Å². The third kappa shape index (κ3) is 2.46. The van der Waals surface area contributed by atoms with Gasteiger partial charge in [-0.25, -0.2) is 9.97 Å². The molecule has 7 nitrogen and oxygen atoms in total. The lowest BCUT2D eigenvalue weighted by Crippen LogP contribution is -2.28. The van der Waals surface area contributed by atoms with Gasteiger partial charge in [0.1, 0.15) is 23.2 Å². The number of hydrogen-bond donors (Lipinski definition) is 2. The molecule has 0 aliphatic heterocycles. The van der Waals surface area contributed by atoms with E-state index in [1.165, 1.54) is 6.20 Å². The maximum absolute atomic E-state index is 9.10. The summed E-state index contributed by atoms with van der Waals surface area (Å²) < 4.78 is 11.7. The number of rotatable bonds is 4. The van der Waals surface area contributed by atoms with Crippen LogP contribution in [0.4, 0.5) is 0 Å². The van der Waals surface area contributed by atoms with E-state index in [1.807, 2.05) is 32.2 Å². The molecule has 0 aliphatic rings. The molecule has 1 atom stereocenters. The van der Waals surface area contributed by atoms with E-state index in [1.54, 1.807) is 20.3 Å². The Kier molecular flexibility index (Phi) is 3.86. The Morgan fingerprint density at radius 1 is 1.26 bits per heavy atom. The van der Waals surface area contributed by atoms with Gasteiger partial charge in [-0.05, 0) is 37.6 Å². The average Bonchev–Trinajstić information content (AvgIpc) is 3.33. The predicted molar refractivity (Wildman–Crippen MR) is 102 cm³/mol. The standard InChI is InChI=1S/C20H19N5O2/c1-11-7-15(26-3)16(13-5-6-22-17(11)13)20(2,27-4)19-24-14-8-12(9-21)10-23-18(14)25-19/h5-8,10,22H,1-4H3,(H,23,24,25). The Morgan fingerprint density at radius 2 is 2.07 bits per heavy atom. The third-order valence-electron chi connectivity index (χ3n) is 5.03. The zero-order chi connectivity index (χ0) is 19.2. The van der Waals surface area contributed by atoms with E-state index in [-0.39, 0.29) is 0 Å². The molecule has 1 unspecified atom stereocenters. The SMILES string of the molecule is COc1cc(C)c2[nH]ccc2c1C(C)(OC)c1nc2cc(C#N)cnc2[nH]1. The molecule has 4 rings (SSSR count). The number of pyridine rings is 1. The second kappa shape index (κ2) is 6.11. The molecule has 0 fully saturated rings. The number of aryl methyl sites for hydroxylation is 1. The monoisotopic (exact) mass is 361 g/mol. The number of nitrogens with one attached hydrogen (secondary N) is 2. The van der Waals surface area contributed by atoms with E-state index in [0.29, 0.717) is 22.6 Å². The molecular weight excluding hydrogens is 342 g/mol. The van der Waals surface area contributed by atoms with E-state index in [2.05, 4.69) is 26.0 Å². The van der Waals surface area contributed by atoms with Gasteiger partial charge in [-0.1, -0.05) is 0 Å². The van der Waals surface area contributed by atoms with Crippen LogP contribution < -0.4 is 4.74 Å². The fourth-order valence-corrected chi connectivity index (χ4v) is 3.53. The molecule has 0 spiro atoms. The highest BCUT2D eigenvalue weighted by Crippen LogP contribution is 2.42. The summed E-state index contributed by atoms with van der Waals surface area (Å²) in [5.74, 6) is 1.31. The van der Waals surface area contributed by atoms with Gasteiger partial charge in [0.05, 0.1) is 12.7 Å². The topological polar surface area (TPSA) is 99.6 Å². The molecule has 7 heteroatoms. The molecule has 136 valence electrons. The first-order chi connectivity index (χ1) is 13.0. The van der Waals surface area contributed by atoms with Crippen molar-refractivity contribution in [1.82, 2.24) is 19.9 Å². The van der Waals surface area contributed by atoms with Gasteiger partial charge in [0.15, 0.2) is 11.2 Å². The number of nitriles is 1. The number of benzene rings is 1. The van der Waals surface area contributed by atoms with Gasteiger partial charge in [0.25, 0.3) is 0 Å². The average molecular weight is 361 g/mol. The summed E-state index contributed by atoms with van der Waals surface area (Å²) in [6, 6.07) is 7.78. The van der Waals surface area contributed by atoms with E-state index in [4.69, 9.17) is 14.7 Å². The smallest absolute Gasteiger partial charge is 0.157 e. The number of aromatic amines is 2. The number of nitrogens with zero attached hydrogens (tertiary/aromatic N) is 3. The fraction of sp³-hybridized carbons (Fsp3) is 0.250. The maximum atomic E-state index is 9.10. The number of fused-ring (bicyclic) bond motifs is 2. The molecule has 3 aromatic heterocycles. The van der Waals surface area contributed by atoms with Gasteiger partial charge < -0.3 is 19.4 Å². The number of imidazole rings is 1. The van der Waals surface area contributed by atoms with Crippen molar-refractivity contribution in [3.63, 3.8) is 0 Å². The molecule has 0 saturated heterocycles. The van der Waals surface area contributed by atoms with Crippen LogP contribution in [0.25, 0.3) is 22.1 Å². The number of H-pyrrole nitrogens is 2. The molecule has 0 radical (unpaired) electrons. The van der Waals surface area contributed by atoms with Crippen LogP contribution in [0.2, 0.25) is 0 Å². The van der Waals surface area contributed by atoms with Crippen LogP contribution in [0.15, 0.2) is 30.6 Å². The molecular formula is C20H19N5O2. The van der Waals surface area contributed by atoms with E-state index >= 15 is 0 Å². The molecule has 0 bridgehead atoms. The first kappa shape index (κ1) is 17.1. The van der Waals surface area contributed by atoms with Gasteiger partial charge in [-0.3, -0.25) is 0 Å². The van der Waals surface area contributed by atoms with E-state index in [9.17, 15) is 0 Å². The van der Waals surface area contributed by atoms with Gasteiger partial charge in [0.2, 0.25) is 0 Å². The molecule has 4 aromatic rings. The minimum atomic E-state index is -0.910. The van der Waals surface area contributed by atoms with Crippen molar-refractivity contribution < 1.29 is 9.47 Å². The zero-order valence-corrected chi connectivity index (χ0v) is 15.5. The van der Waals surface area contributed by atoms with Crippen molar-refractivity contribution in [2.24, 2.45) is 0 Å². The van der Waals surface area contributed by atoms with Crippen LogP contribution in [0, 0.1) is 18.3 Å². The summed E-state index contributed by atoms with van der Waals surface area (Å²) in [4.78, 5) is 15.5. The Hall–Kier alpha value is -3.37. The Labute approximate surface area is 156 Å². The van der Waals surface area contributed by atoms with Gasteiger partial charge in [0, 0.05) is 36.0 Å². The maximum Gasteiger partial charge on any atom is 0.157 e. The van der Waals surface area contributed by atoms with Crippen LogP contribution in [-0.4, -0.2) is 34.2 Å². The van der Waals surface area contributed by atoms with Crippen molar-refractivity contribution in [3.8, 4) is 11.8 Å². The summed E-state index contributed by atoms with van der Waals surface area (Å²) in [6.07, 6.45) is 3.42. The van der Waals surface area contributed by atoms with Gasteiger partial charge >= 0.3 is 0 Å². The van der Waals surface area contributed by atoms with Gasteiger partial charge in [-0.2, -0.15) is 5.26 Å². The molecule has 27 heavy (non-hydrogen) atoms. The third-order valence-corrected chi connectivity index (χ3v) is 5.03. The Bertz CT molecular complexity index is 1200. The lowest BCUT2D eigenvalue weighted by atomic mass is 9.89. The molecule has 1 aromatic carbocycles. The lowest BCUT2D eigenvalue weighted by Gasteiger charge is -2.29. The van der Waals surface area contributed by atoms with Crippen molar-refractivity contribution >= 4 is 22.1 Å². The highest BCUT2D eigenvalue weighted by Gasteiger charge is 2.37. The minimum absolute atomic E-state index is 0.459. The first-order valence-corrected chi connectivity index (χ1v) is 8.48. The molecule has 2 N–H and O–H groups in total. The molecule has 0 aliphatic carbocycles. The second-order valence-electron chi connectivity index (χ2n) is 6.56. The van der Waals surface area contributed by atoms with Crippen LogP contribution >= 0.6 is 0 Å². The fourth-order valence-electron chi connectivity index (χ4n) is 3.53. The number of hydrogen-bond acceptors (Lipinski definition) is 5. The van der Waals surface area contributed by atoms with E-state index in [0.717, 1.165) is 27.8 Å². The Morgan fingerprint density at radius 3 is 2.78 bits per heavy atom. The number of aromatic nitrogens is 4. The second-order valence-corrected chi connectivity index (χ2v) is 6.56. The van der Waals surface area contributed by atoms with Crippen molar-refractivity contribution in [2.75, 3.05) is 14.2 Å². The predicted octanol–water partition coefficient (Wildman–Crippen LogP) is 3.54. The number of ether oxygens (including phenoxy) is 2. The molecule has 0 saturated carbocycles. The van der Waals surface area contributed by atoms with Crippen LogP contribution in [0.1, 0.15) is 29.4 Å². The Balaban J connectivity index is 2.01. The highest BCUT2D eigenvalue weighted by atomic mass is 16.5. The van der Waals surface area contributed by atoms with Crippen molar-refractivity contribution in [3.05, 3.63) is 53.1 Å².